The maximum atomic E-state index is 9.57. The molecule has 0 aromatic heterocycles. The van der Waals surface area contributed by atoms with Gasteiger partial charge in [-0.3, -0.25) is 0 Å². The number of aliphatic hydroxyl groups excluding tert-OH is 2. The minimum atomic E-state index is -0.417. The average Bonchev–Trinajstić information content (AvgIpc) is 2.60. The molecule has 74 valence electrons. The predicted molar refractivity (Wildman–Crippen MR) is 48.1 cm³/mol. The molecule has 3 heteroatoms. The van der Waals surface area contributed by atoms with Gasteiger partial charge in [0.15, 0.2) is 0 Å². The summed E-state index contributed by atoms with van der Waals surface area (Å²) in [5.74, 6) is 0.102. The van der Waals surface area contributed by atoms with Crippen LogP contribution in [0, 0.1) is 11.8 Å². The summed E-state index contributed by atoms with van der Waals surface area (Å²) in [6.45, 7) is 3.52. The summed E-state index contributed by atoms with van der Waals surface area (Å²) in [6.07, 6.45) is 3.15. The topological polar surface area (TPSA) is 49.7 Å². The highest BCUT2D eigenvalue weighted by atomic mass is 16.5. The molecule has 0 saturated carbocycles. The monoisotopic (exact) mass is 184 g/mol. The van der Waals surface area contributed by atoms with Crippen LogP contribution in [0.3, 0.4) is 0 Å². The van der Waals surface area contributed by atoms with Crippen LogP contribution in [0.5, 0.6) is 0 Å². The minimum absolute atomic E-state index is 0.00426. The van der Waals surface area contributed by atoms with E-state index >= 15 is 0 Å². The standard InChI is InChI=1S/C10H16O3/c1-5(11)9-7-3-4-8(13-7)10(9)6(2)12/h3-12H,1-2H3. The van der Waals surface area contributed by atoms with Gasteiger partial charge in [0, 0.05) is 11.8 Å². The van der Waals surface area contributed by atoms with Crippen molar-refractivity contribution in [3.63, 3.8) is 0 Å². The van der Waals surface area contributed by atoms with E-state index in [0.717, 1.165) is 0 Å². The number of hydrogen-bond acceptors (Lipinski definition) is 3. The molecule has 2 rings (SSSR count). The average molecular weight is 184 g/mol. The maximum absolute atomic E-state index is 9.57. The Balaban J connectivity index is 2.20. The van der Waals surface area contributed by atoms with Gasteiger partial charge in [0.2, 0.25) is 0 Å². The molecule has 2 bridgehead atoms. The van der Waals surface area contributed by atoms with Crippen molar-refractivity contribution < 1.29 is 14.9 Å². The zero-order valence-corrected chi connectivity index (χ0v) is 7.92. The fourth-order valence-electron chi connectivity index (χ4n) is 2.56. The van der Waals surface area contributed by atoms with E-state index in [4.69, 9.17) is 4.74 Å². The lowest BCUT2D eigenvalue weighted by atomic mass is 9.77. The SMILES string of the molecule is CC(O)C1C2C=CC(O2)C1C(C)O. The molecule has 6 atom stereocenters. The van der Waals surface area contributed by atoms with E-state index in [9.17, 15) is 10.2 Å². The molecule has 13 heavy (non-hydrogen) atoms. The van der Waals surface area contributed by atoms with E-state index in [0.29, 0.717) is 0 Å². The van der Waals surface area contributed by atoms with Gasteiger partial charge >= 0.3 is 0 Å². The Morgan fingerprint density at radius 1 is 1.00 bits per heavy atom. The molecule has 0 radical (unpaired) electrons. The summed E-state index contributed by atoms with van der Waals surface area (Å²) in [4.78, 5) is 0. The van der Waals surface area contributed by atoms with Crippen LogP contribution in [-0.2, 0) is 4.74 Å². The van der Waals surface area contributed by atoms with Crippen molar-refractivity contribution in [3.8, 4) is 0 Å². The maximum Gasteiger partial charge on any atom is 0.0822 e. The third-order valence-electron chi connectivity index (χ3n) is 3.12. The van der Waals surface area contributed by atoms with Gasteiger partial charge in [0.05, 0.1) is 24.4 Å². The molecule has 0 aromatic carbocycles. The molecule has 1 fully saturated rings. The summed E-state index contributed by atoms with van der Waals surface area (Å²) in [7, 11) is 0. The highest BCUT2D eigenvalue weighted by Crippen LogP contribution is 2.42. The normalized spacial score (nSPS) is 46.8. The van der Waals surface area contributed by atoms with Gasteiger partial charge in [-0.1, -0.05) is 12.2 Å². The highest BCUT2D eigenvalue weighted by Gasteiger charge is 2.49. The van der Waals surface area contributed by atoms with Crippen molar-refractivity contribution in [3.05, 3.63) is 12.2 Å². The van der Waals surface area contributed by atoms with Gasteiger partial charge in [0.1, 0.15) is 0 Å². The zero-order valence-electron chi connectivity index (χ0n) is 7.92. The molecule has 2 heterocycles. The second kappa shape index (κ2) is 3.08. The third-order valence-corrected chi connectivity index (χ3v) is 3.12. The summed E-state index contributed by atoms with van der Waals surface area (Å²) < 4.78 is 5.59. The first-order valence-corrected chi connectivity index (χ1v) is 4.81. The van der Waals surface area contributed by atoms with Crippen LogP contribution in [-0.4, -0.2) is 34.6 Å². The number of rotatable bonds is 2. The number of aliphatic hydroxyl groups is 2. The molecular weight excluding hydrogens is 168 g/mol. The van der Waals surface area contributed by atoms with E-state index in [2.05, 4.69) is 0 Å². The second-order valence-electron chi connectivity index (χ2n) is 4.09. The van der Waals surface area contributed by atoms with Gasteiger partial charge < -0.3 is 14.9 Å². The van der Waals surface area contributed by atoms with Crippen LogP contribution in [0.2, 0.25) is 0 Å². The van der Waals surface area contributed by atoms with Crippen molar-refractivity contribution >= 4 is 0 Å². The van der Waals surface area contributed by atoms with Gasteiger partial charge in [0.25, 0.3) is 0 Å². The van der Waals surface area contributed by atoms with Gasteiger partial charge in [-0.15, -0.1) is 0 Å². The van der Waals surface area contributed by atoms with Crippen molar-refractivity contribution in [1.82, 2.24) is 0 Å². The molecule has 0 aromatic rings. The number of hydrogen-bond donors (Lipinski definition) is 2. The molecule has 2 N–H and O–H groups in total. The summed E-state index contributed by atoms with van der Waals surface area (Å²) in [5.41, 5.74) is 0. The van der Waals surface area contributed by atoms with Crippen molar-refractivity contribution in [2.45, 2.75) is 38.3 Å². The summed E-state index contributed by atoms with van der Waals surface area (Å²) in [6, 6.07) is 0. The third kappa shape index (κ3) is 1.31. The lowest BCUT2D eigenvalue weighted by molar-refractivity contribution is 0.0339. The highest BCUT2D eigenvalue weighted by molar-refractivity contribution is 5.16. The largest absolute Gasteiger partial charge is 0.393 e. The Morgan fingerprint density at radius 3 is 1.69 bits per heavy atom. The minimum Gasteiger partial charge on any atom is -0.393 e. The van der Waals surface area contributed by atoms with E-state index in [1.54, 1.807) is 13.8 Å². The van der Waals surface area contributed by atoms with Crippen molar-refractivity contribution in [1.29, 1.82) is 0 Å². The lowest BCUT2D eigenvalue weighted by Crippen LogP contribution is -2.38. The molecule has 0 spiro atoms. The molecular formula is C10H16O3. The Labute approximate surface area is 78.0 Å². The van der Waals surface area contributed by atoms with E-state index < -0.39 is 12.2 Å². The van der Waals surface area contributed by atoms with E-state index in [-0.39, 0.29) is 24.0 Å². The lowest BCUT2D eigenvalue weighted by Gasteiger charge is -2.29. The molecule has 2 aliphatic rings. The van der Waals surface area contributed by atoms with Crippen LogP contribution >= 0.6 is 0 Å². The summed E-state index contributed by atoms with van der Waals surface area (Å²) in [5, 5.41) is 19.1. The van der Waals surface area contributed by atoms with E-state index in [1.807, 2.05) is 12.2 Å². The van der Waals surface area contributed by atoms with Crippen molar-refractivity contribution in [2.24, 2.45) is 11.8 Å². The van der Waals surface area contributed by atoms with Crippen LogP contribution in [0.15, 0.2) is 12.2 Å². The zero-order chi connectivity index (χ0) is 9.59. The first kappa shape index (κ1) is 9.19. The smallest absolute Gasteiger partial charge is 0.0822 e. The molecule has 2 aliphatic heterocycles. The number of fused-ring (bicyclic) bond motifs is 2. The van der Waals surface area contributed by atoms with Gasteiger partial charge in [-0.05, 0) is 13.8 Å². The fraction of sp³-hybridized carbons (Fsp3) is 0.800. The van der Waals surface area contributed by atoms with Crippen LogP contribution in [0.4, 0.5) is 0 Å². The van der Waals surface area contributed by atoms with Gasteiger partial charge in [-0.25, -0.2) is 0 Å². The Morgan fingerprint density at radius 2 is 1.38 bits per heavy atom. The molecule has 6 unspecified atom stereocenters. The Bertz CT molecular complexity index is 200. The Hall–Kier alpha value is -0.380. The predicted octanol–water partition coefficient (Wildman–Crippen LogP) is 0.318. The quantitative estimate of drug-likeness (QED) is 0.607. The fourth-order valence-corrected chi connectivity index (χ4v) is 2.56. The van der Waals surface area contributed by atoms with Crippen LogP contribution < -0.4 is 0 Å². The summed E-state index contributed by atoms with van der Waals surface area (Å²) >= 11 is 0. The van der Waals surface area contributed by atoms with Gasteiger partial charge in [-0.2, -0.15) is 0 Å². The molecule has 3 nitrogen and oxygen atoms in total. The number of ether oxygens (including phenoxy) is 1. The molecule has 0 aliphatic carbocycles. The van der Waals surface area contributed by atoms with Crippen LogP contribution in [0.1, 0.15) is 13.8 Å². The second-order valence-corrected chi connectivity index (χ2v) is 4.09. The molecule has 0 amide bonds. The first-order valence-electron chi connectivity index (χ1n) is 4.81. The van der Waals surface area contributed by atoms with E-state index in [1.165, 1.54) is 0 Å². The molecule has 1 saturated heterocycles. The first-order chi connectivity index (χ1) is 6.11. The Kier molecular flexibility index (Phi) is 2.18. The van der Waals surface area contributed by atoms with Crippen molar-refractivity contribution in [2.75, 3.05) is 0 Å². The van der Waals surface area contributed by atoms with Crippen LogP contribution in [0.25, 0.3) is 0 Å².